The second-order valence-corrected chi connectivity index (χ2v) is 7.52. The number of benzene rings is 2. The van der Waals surface area contributed by atoms with Crippen molar-refractivity contribution in [3.63, 3.8) is 0 Å². The first-order valence-corrected chi connectivity index (χ1v) is 9.95. The first kappa shape index (κ1) is 20.2. The number of thiazole rings is 1. The molecule has 3 rings (SSSR count). The van der Waals surface area contributed by atoms with Gasteiger partial charge in [-0.25, -0.2) is 9.78 Å². The van der Waals surface area contributed by atoms with E-state index >= 15 is 0 Å². The Morgan fingerprint density at radius 2 is 1.93 bits per heavy atom. The van der Waals surface area contributed by atoms with E-state index in [-0.39, 0.29) is 17.6 Å². The summed E-state index contributed by atoms with van der Waals surface area (Å²) in [6.45, 7) is 3.72. The van der Waals surface area contributed by atoms with Crippen LogP contribution in [-0.4, -0.2) is 28.6 Å². The van der Waals surface area contributed by atoms with Crippen molar-refractivity contribution in [3.05, 3.63) is 57.6 Å². The van der Waals surface area contributed by atoms with Gasteiger partial charge in [-0.3, -0.25) is 10.1 Å². The van der Waals surface area contributed by atoms with E-state index in [1.165, 1.54) is 0 Å². The summed E-state index contributed by atoms with van der Waals surface area (Å²) in [5.41, 5.74) is 0.982. The minimum absolute atomic E-state index is 0.0770. The van der Waals surface area contributed by atoms with Crippen LogP contribution in [0.2, 0.25) is 5.02 Å². The van der Waals surface area contributed by atoms with E-state index in [1.807, 2.05) is 12.1 Å². The molecule has 2 N–H and O–H groups in total. The summed E-state index contributed by atoms with van der Waals surface area (Å²) in [5.74, 6) is -0.808. The number of anilines is 1. The van der Waals surface area contributed by atoms with Crippen molar-refractivity contribution in [2.45, 2.75) is 13.8 Å². The molecule has 9 heteroatoms. The average Bonchev–Trinajstić information content (AvgIpc) is 3.01. The minimum Gasteiger partial charge on any atom is -0.462 e. The van der Waals surface area contributed by atoms with Crippen LogP contribution < -0.4 is 10.6 Å². The molecule has 1 heterocycles. The van der Waals surface area contributed by atoms with Gasteiger partial charge in [0.2, 0.25) is 0 Å². The first-order valence-electron chi connectivity index (χ1n) is 8.34. The fourth-order valence-corrected chi connectivity index (χ4v) is 3.96. The van der Waals surface area contributed by atoms with Gasteiger partial charge in [0.1, 0.15) is 4.88 Å². The fourth-order valence-electron chi connectivity index (χ4n) is 2.60. The summed E-state index contributed by atoms with van der Waals surface area (Å²) in [7, 11) is 0. The Morgan fingerprint density at radius 3 is 2.68 bits per heavy atom. The van der Waals surface area contributed by atoms with Crippen LogP contribution in [0.4, 0.5) is 5.13 Å². The molecule has 1 aromatic heterocycles. The van der Waals surface area contributed by atoms with Gasteiger partial charge in [0.05, 0.1) is 12.3 Å². The monoisotopic (exact) mass is 433 g/mol. The van der Waals surface area contributed by atoms with E-state index < -0.39 is 5.97 Å². The SMILES string of the molecule is CCOC(=O)c1sc(NC(=S)NC(=O)c2cccc3c(Cl)cccc23)nc1C. The fraction of sp³-hybridized carbons (Fsp3) is 0.158. The summed E-state index contributed by atoms with van der Waals surface area (Å²) in [4.78, 5) is 29.2. The molecule has 6 nitrogen and oxygen atoms in total. The number of hydrogen-bond acceptors (Lipinski definition) is 6. The molecule has 144 valence electrons. The van der Waals surface area contributed by atoms with Crippen LogP contribution in [0.3, 0.4) is 0 Å². The number of nitrogens with one attached hydrogen (secondary N) is 2. The third-order valence-electron chi connectivity index (χ3n) is 3.82. The number of halogens is 1. The lowest BCUT2D eigenvalue weighted by Crippen LogP contribution is -2.34. The molecule has 0 aliphatic heterocycles. The molecule has 2 aromatic carbocycles. The molecule has 0 saturated heterocycles. The number of hydrogen-bond donors (Lipinski definition) is 2. The van der Waals surface area contributed by atoms with Crippen molar-refractivity contribution >= 4 is 68.0 Å². The Kier molecular flexibility index (Phi) is 6.23. The number of nitrogens with zero attached hydrogens (tertiary/aromatic N) is 1. The minimum atomic E-state index is -0.437. The zero-order valence-corrected chi connectivity index (χ0v) is 17.4. The average molecular weight is 434 g/mol. The van der Waals surface area contributed by atoms with Crippen LogP contribution in [0.25, 0.3) is 10.8 Å². The largest absolute Gasteiger partial charge is 0.462 e. The van der Waals surface area contributed by atoms with Crippen molar-refractivity contribution < 1.29 is 14.3 Å². The number of ether oxygens (including phenoxy) is 1. The van der Waals surface area contributed by atoms with Crippen LogP contribution in [0.5, 0.6) is 0 Å². The summed E-state index contributed by atoms with van der Waals surface area (Å²) >= 11 is 12.5. The predicted octanol–water partition coefficient (Wildman–Crippen LogP) is 4.56. The van der Waals surface area contributed by atoms with Gasteiger partial charge in [-0.05, 0) is 43.6 Å². The van der Waals surface area contributed by atoms with Gasteiger partial charge in [-0.2, -0.15) is 0 Å². The first-order chi connectivity index (χ1) is 13.4. The predicted molar refractivity (Wildman–Crippen MR) is 115 cm³/mol. The molecule has 0 unspecified atom stereocenters. The van der Waals surface area contributed by atoms with Gasteiger partial charge in [-0.1, -0.05) is 47.2 Å². The highest BCUT2D eigenvalue weighted by Gasteiger charge is 2.18. The van der Waals surface area contributed by atoms with Crippen LogP contribution in [-0.2, 0) is 4.74 Å². The molecule has 0 atom stereocenters. The van der Waals surface area contributed by atoms with Crippen molar-refractivity contribution in [3.8, 4) is 0 Å². The van der Waals surface area contributed by atoms with Gasteiger partial charge >= 0.3 is 5.97 Å². The van der Waals surface area contributed by atoms with Gasteiger partial charge in [-0.15, -0.1) is 0 Å². The Morgan fingerprint density at radius 1 is 1.21 bits per heavy atom. The van der Waals surface area contributed by atoms with Crippen LogP contribution in [0, 0.1) is 6.92 Å². The second-order valence-electron chi connectivity index (χ2n) is 5.70. The maximum absolute atomic E-state index is 12.7. The standard InChI is InChI=1S/C19H16ClN3O3S2/c1-3-26-17(25)15-10(2)21-19(28-15)23-18(27)22-16(24)13-8-4-7-12-11(13)6-5-9-14(12)20/h4-9H,3H2,1-2H3,(H2,21,22,23,24,27). The van der Waals surface area contributed by atoms with Crippen molar-refractivity contribution in [1.82, 2.24) is 10.3 Å². The highest BCUT2D eigenvalue weighted by Crippen LogP contribution is 2.26. The molecule has 0 aliphatic carbocycles. The van der Waals surface area contributed by atoms with Crippen molar-refractivity contribution in [1.29, 1.82) is 0 Å². The third-order valence-corrected chi connectivity index (χ3v) is 5.41. The number of aromatic nitrogens is 1. The van der Waals surface area contributed by atoms with E-state index in [4.69, 9.17) is 28.6 Å². The van der Waals surface area contributed by atoms with E-state index in [0.29, 0.717) is 26.3 Å². The highest BCUT2D eigenvalue weighted by atomic mass is 35.5. The molecule has 0 saturated carbocycles. The quantitative estimate of drug-likeness (QED) is 0.463. The molecule has 1 amide bonds. The number of rotatable bonds is 4. The molecular formula is C19H16ClN3O3S2. The van der Waals surface area contributed by atoms with Crippen LogP contribution in [0.1, 0.15) is 32.6 Å². The Hall–Kier alpha value is -2.55. The van der Waals surface area contributed by atoms with E-state index in [2.05, 4.69) is 15.6 Å². The zero-order chi connectivity index (χ0) is 20.3. The number of fused-ring (bicyclic) bond motifs is 1. The second kappa shape index (κ2) is 8.64. The van der Waals surface area contributed by atoms with Crippen molar-refractivity contribution in [2.24, 2.45) is 0 Å². The molecule has 0 aliphatic rings. The zero-order valence-electron chi connectivity index (χ0n) is 15.0. The number of esters is 1. The van der Waals surface area contributed by atoms with E-state index in [1.54, 1.807) is 38.1 Å². The van der Waals surface area contributed by atoms with Gasteiger partial charge < -0.3 is 10.1 Å². The Labute approximate surface area is 175 Å². The normalized spacial score (nSPS) is 10.5. The Balaban J connectivity index is 1.74. The summed E-state index contributed by atoms with van der Waals surface area (Å²) in [6.07, 6.45) is 0. The van der Waals surface area contributed by atoms with Crippen LogP contribution >= 0.6 is 35.2 Å². The lowest BCUT2D eigenvalue weighted by Gasteiger charge is -2.10. The molecule has 0 bridgehead atoms. The van der Waals surface area contributed by atoms with E-state index in [9.17, 15) is 9.59 Å². The van der Waals surface area contributed by atoms with E-state index in [0.717, 1.165) is 22.1 Å². The van der Waals surface area contributed by atoms with Gasteiger partial charge in [0.15, 0.2) is 10.2 Å². The number of amides is 1. The molecule has 0 fully saturated rings. The van der Waals surface area contributed by atoms with Crippen LogP contribution in [0.15, 0.2) is 36.4 Å². The van der Waals surface area contributed by atoms with Gasteiger partial charge in [0.25, 0.3) is 5.91 Å². The third kappa shape index (κ3) is 4.30. The Bertz CT molecular complexity index is 1080. The van der Waals surface area contributed by atoms with Crippen molar-refractivity contribution in [2.75, 3.05) is 11.9 Å². The molecular weight excluding hydrogens is 418 g/mol. The maximum Gasteiger partial charge on any atom is 0.350 e. The number of aryl methyl sites for hydroxylation is 1. The highest BCUT2D eigenvalue weighted by molar-refractivity contribution is 7.80. The van der Waals surface area contributed by atoms with Gasteiger partial charge in [0, 0.05) is 16.0 Å². The molecule has 0 spiro atoms. The smallest absolute Gasteiger partial charge is 0.350 e. The summed E-state index contributed by atoms with van der Waals surface area (Å²) in [6, 6.07) is 10.7. The number of carbonyl (C=O) groups excluding carboxylic acids is 2. The lowest BCUT2D eigenvalue weighted by atomic mass is 10.0. The molecule has 28 heavy (non-hydrogen) atoms. The number of carbonyl (C=O) groups is 2. The summed E-state index contributed by atoms with van der Waals surface area (Å²) in [5, 5.41) is 8.01. The molecule has 0 radical (unpaired) electrons. The summed E-state index contributed by atoms with van der Waals surface area (Å²) < 4.78 is 4.99. The molecule has 3 aromatic rings. The number of thiocarbonyl (C=S) groups is 1. The maximum atomic E-state index is 12.7. The topological polar surface area (TPSA) is 80.3 Å². The lowest BCUT2D eigenvalue weighted by molar-refractivity contribution is 0.0531.